The topological polar surface area (TPSA) is 113 Å². The van der Waals surface area contributed by atoms with Crippen molar-refractivity contribution in [2.45, 2.75) is 38.8 Å². The van der Waals surface area contributed by atoms with Gasteiger partial charge in [0.15, 0.2) is 5.92 Å². The molecule has 0 aromatic heterocycles. The fourth-order valence-electron chi connectivity index (χ4n) is 2.00. The van der Waals surface area contributed by atoms with Crippen LogP contribution in [-0.2, 0) is 20.7 Å². The Morgan fingerprint density at radius 1 is 1.36 bits per heavy atom. The van der Waals surface area contributed by atoms with Crippen molar-refractivity contribution in [3.8, 4) is 6.07 Å². The second kappa shape index (κ2) is 7.05. The average Bonchev–Trinajstić information content (AvgIpc) is 2.36. The molecule has 0 fully saturated rings. The van der Waals surface area contributed by atoms with E-state index < -0.39 is 29.5 Å². The number of hydrogen-bond donors (Lipinski definition) is 2. The highest BCUT2D eigenvalue weighted by atomic mass is 16.6. The quantitative estimate of drug-likeness (QED) is 0.629. The number of carbonyl (C=O) groups is 2. The Balaban J connectivity index is 2.95. The zero-order valence-electron chi connectivity index (χ0n) is 12.9. The van der Waals surface area contributed by atoms with Gasteiger partial charge in [-0.25, -0.2) is 0 Å². The fourth-order valence-corrected chi connectivity index (χ4v) is 2.00. The Labute approximate surface area is 129 Å². The van der Waals surface area contributed by atoms with E-state index in [1.54, 1.807) is 45.0 Å². The van der Waals surface area contributed by atoms with E-state index in [-0.39, 0.29) is 6.42 Å². The van der Waals surface area contributed by atoms with Crippen LogP contribution in [0.4, 0.5) is 0 Å². The van der Waals surface area contributed by atoms with E-state index in [1.165, 1.54) is 0 Å². The number of carboxylic acid groups (broad SMARTS) is 1. The highest BCUT2D eigenvalue weighted by molar-refractivity contribution is 5.95. The van der Waals surface area contributed by atoms with Crippen LogP contribution in [0.1, 0.15) is 31.9 Å². The Morgan fingerprint density at radius 3 is 2.45 bits per heavy atom. The molecule has 0 saturated heterocycles. The van der Waals surface area contributed by atoms with Gasteiger partial charge in [0.25, 0.3) is 0 Å². The highest BCUT2D eigenvalue weighted by Gasteiger charge is 2.36. The van der Waals surface area contributed by atoms with Gasteiger partial charge >= 0.3 is 11.9 Å². The SMILES string of the molecule is CC(C)(C)OC(=O)[C@H](C(=O)O)[C@@H](N)Cc1ccccc1C#N. The van der Waals surface area contributed by atoms with Gasteiger partial charge in [0.2, 0.25) is 0 Å². The maximum atomic E-state index is 12.0. The van der Waals surface area contributed by atoms with Crippen LogP contribution in [0.5, 0.6) is 0 Å². The molecule has 22 heavy (non-hydrogen) atoms. The van der Waals surface area contributed by atoms with Crippen molar-refractivity contribution >= 4 is 11.9 Å². The standard InChI is InChI=1S/C16H20N2O4/c1-16(2,3)22-15(21)13(14(19)20)12(18)8-10-6-4-5-7-11(10)9-17/h4-7,12-13H,8,18H2,1-3H3,(H,19,20)/t12-,13-/m0/s1. The van der Waals surface area contributed by atoms with Gasteiger partial charge in [0.1, 0.15) is 5.60 Å². The Kier molecular flexibility index (Phi) is 5.66. The van der Waals surface area contributed by atoms with Crippen molar-refractivity contribution in [3.63, 3.8) is 0 Å². The second-order valence-corrected chi connectivity index (χ2v) is 5.99. The summed E-state index contributed by atoms with van der Waals surface area (Å²) in [4.78, 5) is 23.4. The lowest BCUT2D eigenvalue weighted by atomic mass is 9.92. The average molecular weight is 304 g/mol. The van der Waals surface area contributed by atoms with Gasteiger partial charge in [-0.05, 0) is 38.8 Å². The monoisotopic (exact) mass is 304 g/mol. The minimum Gasteiger partial charge on any atom is -0.481 e. The summed E-state index contributed by atoms with van der Waals surface area (Å²) >= 11 is 0. The van der Waals surface area contributed by atoms with Gasteiger partial charge in [0.05, 0.1) is 11.6 Å². The van der Waals surface area contributed by atoms with E-state index in [9.17, 15) is 14.7 Å². The fraction of sp³-hybridized carbons (Fsp3) is 0.438. The number of rotatable bonds is 5. The lowest BCUT2D eigenvalue weighted by Gasteiger charge is -2.25. The number of carbonyl (C=O) groups excluding carboxylic acids is 1. The molecule has 6 nitrogen and oxygen atoms in total. The molecule has 0 saturated carbocycles. The molecule has 118 valence electrons. The summed E-state index contributed by atoms with van der Waals surface area (Å²) in [7, 11) is 0. The molecule has 0 aliphatic carbocycles. The maximum Gasteiger partial charge on any atom is 0.322 e. The van der Waals surface area contributed by atoms with Crippen molar-refractivity contribution in [3.05, 3.63) is 35.4 Å². The molecular formula is C16H20N2O4. The summed E-state index contributed by atoms with van der Waals surface area (Å²) in [6.45, 7) is 4.96. The van der Waals surface area contributed by atoms with E-state index in [2.05, 4.69) is 0 Å². The summed E-state index contributed by atoms with van der Waals surface area (Å²) < 4.78 is 5.11. The first-order valence-corrected chi connectivity index (χ1v) is 6.85. The predicted octanol–water partition coefficient (Wildman–Crippen LogP) is 1.47. The Bertz CT molecular complexity index is 599. The minimum atomic E-state index is -1.48. The zero-order chi connectivity index (χ0) is 16.9. The highest BCUT2D eigenvalue weighted by Crippen LogP contribution is 2.18. The molecule has 2 atom stereocenters. The Hall–Kier alpha value is -2.39. The largest absolute Gasteiger partial charge is 0.481 e. The molecule has 0 aliphatic heterocycles. The Morgan fingerprint density at radius 2 is 1.95 bits per heavy atom. The normalized spacial score (nSPS) is 13.8. The van der Waals surface area contributed by atoms with Gasteiger partial charge in [-0.2, -0.15) is 5.26 Å². The smallest absolute Gasteiger partial charge is 0.322 e. The minimum absolute atomic E-state index is 0.0972. The summed E-state index contributed by atoms with van der Waals surface area (Å²) in [6.07, 6.45) is 0.0972. The van der Waals surface area contributed by atoms with E-state index in [0.29, 0.717) is 11.1 Å². The number of nitrogens with zero attached hydrogens (tertiary/aromatic N) is 1. The van der Waals surface area contributed by atoms with Crippen LogP contribution in [0.15, 0.2) is 24.3 Å². The molecule has 0 unspecified atom stereocenters. The van der Waals surface area contributed by atoms with Crippen molar-refractivity contribution in [2.75, 3.05) is 0 Å². The first-order valence-electron chi connectivity index (χ1n) is 6.85. The van der Waals surface area contributed by atoms with Gasteiger partial charge in [-0.3, -0.25) is 9.59 Å². The van der Waals surface area contributed by atoms with Crippen LogP contribution in [0, 0.1) is 17.2 Å². The molecular weight excluding hydrogens is 284 g/mol. The van der Waals surface area contributed by atoms with Gasteiger partial charge in [-0.15, -0.1) is 0 Å². The summed E-state index contributed by atoms with van der Waals surface area (Å²) in [5, 5.41) is 18.3. The van der Waals surface area contributed by atoms with Crippen LogP contribution >= 0.6 is 0 Å². The molecule has 1 aromatic rings. The number of hydrogen-bond acceptors (Lipinski definition) is 5. The molecule has 0 radical (unpaired) electrons. The summed E-state index contributed by atoms with van der Waals surface area (Å²) in [6, 6.07) is 7.77. The molecule has 6 heteroatoms. The van der Waals surface area contributed by atoms with E-state index in [0.717, 1.165) is 0 Å². The molecule has 1 aromatic carbocycles. The lowest BCUT2D eigenvalue weighted by molar-refractivity contribution is -0.167. The number of carboxylic acids is 1. The van der Waals surface area contributed by atoms with Crippen LogP contribution < -0.4 is 5.73 Å². The van der Waals surface area contributed by atoms with E-state index >= 15 is 0 Å². The number of nitrogens with two attached hydrogens (primary N) is 1. The van der Waals surface area contributed by atoms with Crippen molar-refractivity contribution in [2.24, 2.45) is 11.7 Å². The third-order valence-corrected chi connectivity index (χ3v) is 2.95. The maximum absolute atomic E-state index is 12.0. The van der Waals surface area contributed by atoms with Crippen molar-refractivity contribution in [1.29, 1.82) is 5.26 Å². The molecule has 0 heterocycles. The predicted molar refractivity (Wildman–Crippen MR) is 79.8 cm³/mol. The second-order valence-electron chi connectivity index (χ2n) is 5.99. The van der Waals surface area contributed by atoms with Gasteiger partial charge in [0, 0.05) is 6.04 Å². The number of aliphatic carboxylic acids is 1. The number of nitriles is 1. The lowest BCUT2D eigenvalue weighted by Crippen LogP contribution is -2.45. The van der Waals surface area contributed by atoms with Crippen molar-refractivity contribution < 1.29 is 19.4 Å². The number of benzene rings is 1. The van der Waals surface area contributed by atoms with Crippen LogP contribution in [0.25, 0.3) is 0 Å². The first kappa shape index (κ1) is 17.7. The third-order valence-electron chi connectivity index (χ3n) is 2.95. The molecule has 0 bridgehead atoms. The van der Waals surface area contributed by atoms with Crippen LogP contribution in [-0.4, -0.2) is 28.7 Å². The zero-order valence-corrected chi connectivity index (χ0v) is 12.9. The summed E-state index contributed by atoms with van der Waals surface area (Å²) in [5.74, 6) is -3.69. The molecule has 0 aliphatic rings. The van der Waals surface area contributed by atoms with Crippen LogP contribution in [0.2, 0.25) is 0 Å². The molecule has 1 rings (SSSR count). The molecule has 0 amide bonds. The first-order chi connectivity index (χ1) is 10.2. The molecule has 0 spiro atoms. The van der Waals surface area contributed by atoms with Gasteiger partial charge in [-0.1, -0.05) is 18.2 Å². The van der Waals surface area contributed by atoms with Crippen molar-refractivity contribution in [1.82, 2.24) is 0 Å². The number of esters is 1. The van der Waals surface area contributed by atoms with E-state index in [1.807, 2.05) is 6.07 Å². The van der Waals surface area contributed by atoms with E-state index in [4.69, 9.17) is 15.7 Å². The van der Waals surface area contributed by atoms with Crippen LogP contribution in [0.3, 0.4) is 0 Å². The van der Waals surface area contributed by atoms with Gasteiger partial charge < -0.3 is 15.6 Å². The summed E-state index contributed by atoms with van der Waals surface area (Å²) in [5.41, 5.74) is 6.12. The molecule has 3 N–H and O–H groups in total. The third kappa shape index (κ3) is 4.86. The number of ether oxygens (including phenoxy) is 1.